The summed E-state index contributed by atoms with van der Waals surface area (Å²) in [6.07, 6.45) is 0. The van der Waals surface area contributed by atoms with E-state index in [1.807, 2.05) is 38.1 Å². The van der Waals surface area contributed by atoms with Crippen molar-refractivity contribution in [3.05, 3.63) is 34.9 Å². The van der Waals surface area contributed by atoms with Gasteiger partial charge in [0, 0.05) is 16.5 Å². The molecule has 0 heterocycles. The zero-order chi connectivity index (χ0) is 12.9. The summed E-state index contributed by atoms with van der Waals surface area (Å²) in [6, 6.07) is 7.76. The van der Waals surface area contributed by atoms with Crippen LogP contribution in [0.4, 0.5) is 0 Å². The average molecular weight is 273 g/mol. The second kappa shape index (κ2) is 6.31. The molecule has 0 atom stereocenters. The van der Waals surface area contributed by atoms with Crippen molar-refractivity contribution in [2.45, 2.75) is 19.6 Å². The fourth-order valence-electron chi connectivity index (χ4n) is 1.34. The van der Waals surface area contributed by atoms with E-state index < -0.39 is 5.41 Å². The molecule has 0 aromatic heterocycles. The number of esters is 1. The van der Waals surface area contributed by atoms with E-state index in [0.717, 1.165) is 16.5 Å². The van der Waals surface area contributed by atoms with Gasteiger partial charge >= 0.3 is 5.97 Å². The zero-order valence-corrected chi connectivity index (χ0v) is 11.9. The molecule has 0 saturated carbocycles. The standard InChI is InChI=1S/C13H17ClO2S/c1-13(2,12(15)16-3)9-17-8-10-4-6-11(14)7-5-10/h4-7H,8-9H2,1-3H3. The van der Waals surface area contributed by atoms with Crippen molar-refractivity contribution < 1.29 is 9.53 Å². The molecule has 94 valence electrons. The first-order valence-electron chi connectivity index (χ1n) is 5.36. The van der Waals surface area contributed by atoms with Gasteiger partial charge in [-0.25, -0.2) is 0 Å². The normalized spacial score (nSPS) is 11.3. The Balaban J connectivity index is 2.42. The Bertz CT molecular complexity index is 374. The van der Waals surface area contributed by atoms with E-state index in [0.29, 0.717) is 0 Å². The van der Waals surface area contributed by atoms with E-state index in [9.17, 15) is 4.79 Å². The van der Waals surface area contributed by atoms with Gasteiger partial charge in [0.05, 0.1) is 12.5 Å². The molecular weight excluding hydrogens is 256 g/mol. The molecule has 0 aliphatic heterocycles. The van der Waals surface area contributed by atoms with Crippen LogP contribution in [0.3, 0.4) is 0 Å². The second-order valence-corrected chi connectivity index (χ2v) is 5.92. The van der Waals surface area contributed by atoms with Gasteiger partial charge in [0.15, 0.2) is 0 Å². The maximum Gasteiger partial charge on any atom is 0.312 e. The van der Waals surface area contributed by atoms with Crippen molar-refractivity contribution in [1.29, 1.82) is 0 Å². The van der Waals surface area contributed by atoms with Gasteiger partial charge in [-0.15, -0.1) is 0 Å². The van der Waals surface area contributed by atoms with Gasteiger partial charge in [-0.2, -0.15) is 11.8 Å². The van der Waals surface area contributed by atoms with Crippen molar-refractivity contribution in [2.24, 2.45) is 5.41 Å². The number of hydrogen-bond acceptors (Lipinski definition) is 3. The largest absolute Gasteiger partial charge is 0.469 e. The van der Waals surface area contributed by atoms with Crippen LogP contribution < -0.4 is 0 Å². The molecular formula is C13H17ClO2S. The number of rotatable bonds is 5. The molecule has 0 unspecified atom stereocenters. The van der Waals surface area contributed by atoms with Crippen molar-refractivity contribution in [3.63, 3.8) is 0 Å². The van der Waals surface area contributed by atoms with Crippen molar-refractivity contribution in [1.82, 2.24) is 0 Å². The highest BCUT2D eigenvalue weighted by atomic mass is 35.5. The van der Waals surface area contributed by atoms with Crippen LogP contribution in [0.1, 0.15) is 19.4 Å². The number of ether oxygens (including phenoxy) is 1. The molecule has 1 aromatic rings. The minimum Gasteiger partial charge on any atom is -0.469 e. The van der Waals surface area contributed by atoms with Crippen molar-refractivity contribution in [3.8, 4) is 0 Å². The summed E-state index contributed by atoms with van der Waals surface area (Å²) in [6.45, 7) is 3.79. The van der Waals surface area contributed by atoms with Crippen LogP contribution in [0, 0.1) is 5.41 Å². The first kappa shape index (κ1) is 14.4. The number of hydrogen-bond donors (Lipinski definition) is 0. The third kappa shape index (κ3) is 4.60. The van der Waals surface area contributed by atoms with Crippen LogP contribution in [0.5, 0.6) is 0 Å². The molecule has 0 spiro atoms. The minimum atomic E-state index is -0.439. The van der Waals surface area contributed by atoms with Gasteiger partial charge in [0.25, 0.3) is 0 Å². The number of carbonyl (C=O) groups is 1. The van der Waals surface area contributed by atoms with E-state index in [4.69, 9.17) is 16.3 Å². The summed E-state index contributed by atoms with van der Waals surface area (Å²) in [5.41, 5.74) is 0.770. The molecule has 0 saturated heterocycles. The lowest BCUT2D eigenvalue weighted by molar-refractivity contribution is -0.149. The maximum absolute atomic E-state index is 11.5. The molecule has 0 radical (unpaired) electrons. The van der Waals surface area contributed by atoms with Gasteiger partial charge in [0.2, 0.25) is 0 Å². The van der Waals surface area contributed by atoms with Crippen LogP contribution in [-0.2, 0) is 15.3 Å². The number of thioether (sulfide) groups is 1. The van der Waals surface area contributed by atoms with Crippen LogP contribution >= 0.6 is 23.4 Å². The van der Waals surface area contributed by atoms with E-state index in [1.165, 1.54) is 12.7 Å². The van der Waals surface area contributed by atoms with Crippen molar-refractivity contribution in [2.75, 3.05) is 12.9 Å². The van der Waals surface area contributed by atoms with E-state index in [1.54, 1.807) is 11.8 Å². The topological polar surface area (TPSA) is 26.3 Å². The molecule has 1 rings (SSSR count). The Morgan fingerprint density at radius 2 is 1.94 bits per heavy atom. The molecule has 0 amide bonds. The SMILES string of the molecule is COC(=O)C(C)(C)CSCc1ccc(Cl)cc1. The average Bonchev–Trinajstić information content (AvgIpc) is 2.30. The Morgan fingerprint density at radius 1 is 1.35 bits per heavy atom. The Hall–Kier alpha value is -0.670. The third-order valence-corrected chi connectivity index (χ3v) is 4.10. The Morgan fingerprint density at radius 3 is 2.47 bits per heavy atom. The molecule has 0 bridgehead atoms. The molecule has 0 fully saturated rings. The lowest BCUT2D eigenvalue weighted by Crippen LogP contribution is -2.28. The van der Waals surface area contributed by atoms with Gasteiger partial charge in [0.1, 0.15) is 0 Å². The summed E-state index contributed by atoms with van der Waals surface area (Å²) in [4.78, 5) is 11.5. The number of methoxy groups -OCH3 is 1. The second-order valence-electron chi connectivity index (χ2n) is 4.49. The molecule has 0 aliphatic carbocycles. The number of halogens is 1. The van der Waals surface area contributed by atoms with Crippen LogP contribution in [0.25, 0.3) is 0 Å². The third-order valence-electron chi connectivity index (χ3n) is 2.38. The minimum absolute atomic E-state index is 0.166. The summed E-state index contributed by atoms with van der Waals surface area (Å²) in [5, 5.41) is 0.744. The van der Waals surface area contributed by atoms with E-state index in [-0.39, 0.29) is 5.97 Å². The fraction of sp³-hybridized carbons (Fsp3) is 0.462. The molecule has 0 aliphatic rings. The highest BCUT2D eigenvalue weighted by Gasteiger charge is 2.28. The fourth-order valence-corrected chi connectivity index (χ4v) is 2.62. The first-order chi connectivity index (χ1) is 7.95. The van der Waals surface area contributed by atoms with Gasteiger partial charge < -0.3 is 4.74 Å². The zero-order valence-electron chi connectivity index (χ0n) is 10.3. The first-order valence-corrected chi connectivity index (χ1v) is 6.89. The monoisotopic (exact) mass is 272 g/mol. The van der Waals surface area contributed by atoms with Crippen LogP contribution in [0.15, 0.2) is 24.3 Å². The highest BCUT2D eigenvalue weighted by Crippen LogP contribution is 2.25. The Labute approximate surface area is 112 Å². The van der Waals surface area contributed by atoms with Gasteiger partial charge in [-0.05, 0) is 31.5 Å². The predicted octanol–water partition coefficient (Wildman–Crippen LogP) is 3.77. The predicted molar refractivity (Wildman–Crippen MR) is 73.4 cm³/mol. The molecule has 0 N–H and O–H groups in total. The summed E-state index contributed by atoms with van der Waals surface area (Å²) in [7, 11) is 1.42. The number of benzene rings is 1. The summed E-state index contributed by atoms with van der Waals surface area (Å²) in [5.74, 6) is 1.45. The number of carbonyl (C=O) groups excluding carboxylic acids is 1. The van der Waals surface area contributed by atoms with E-state index >= 15 is 0 Å². The van der Waals surface area contributed by atoms with E-state index in [2.05, 4.69) is 0 Å². The lowest BCUT2D eigenvalue weighted by Gasteiger charge is -2.20. The smallest absolute Gasteiger partial charge is 0.312 e. The molecule has 1 aromatic carbocycles. The highest BCUT2D eigenvalue weighted by molar-refractivity contribution is 7.98. The summed E-state index contributed by atoms with van der Waals surface area (Å²) >= 11 is 7.53. The van der Waals surface area contributed by atoms with Gasteiger partial charge in [-0.3, -0.25) is 4.79 Å². The maximum atomic E-state index is 11.5. The quantitative estimate of drug-likeness (QED) is 0.763. The molecule has 2 nitrogen and oxygen atoms in total. The van der Waals surface area contributed by atoms with Crippen LogP contribution in [0.2, 0.25) is 5.02 Å². The molecule has 17 heavy (non-hydrogen) atoms. The van der Waals surface area contributed by atoms with Crippen molar-refractivity contribution >= 4 is 29.3 Å². The Kier molecular flexibility index (Phi) is 5.34. The summed E-state index contributed by atoms with van der Waals surface area (Å²) < 4.78 is 4.76. The molecule has 4 heteroatoms. The van der Waals surface area contributed by atoms with Crippen LogP contribution in [-0.4, -0.2) is 18.8 Å². The van der Waals surface area contributed by atoms with Gasteiger partial charge in [-0.1, -0.05) is 23.7 Å². The lowest BCUT2D eigenvalue weighted by atomic mass is 9.97.